The number of carbonyl (C=O) groups excluding carboxylic acids is 2. The summed E-state index contributed by atoms with van der Waals surface area (Å²) in [4.78, 5) is 24.0. The zero-order valence-electron chi connectivity index (χ0n) is 10.8. The number of hydrogen-bond donors (Lipinski definition) is 0. The fraction of sp³-hybridized carbons (Fsp3) is 0. The first-order valence-electron chi connectivity index (χ1n) is 6.72. The summed E-state index contributed by atoms with van der Waals surface area (Å²) in [6.45, 7) is 0. The zero-order chi connectivity index (χ0) is 14.1. The van der Waals surface area contributed by atoms with Crippen LogP contribution in [0, 0.1) is 0 Å². The first-order chi connectivity index (χ1) is 10.3. The Labute approximate surface area is 119 Å². The van der Waals surface area contributed by atoms with Gasteiger partial charge in [-0.2, -0.15) is 0 Å². The summed E-state index contributed by atoms with van der Waals surface area (Å²) in [5, 5.41) is 1.99. The molecule has 0 spiro atoms. The zero-order valence-corrected chi connectivity index (χ0v) is 10.8. The van der Waals surface area contributed by atoms with Gasteiger partial charge in [-0.1, -0.05) is 42.5 Å². The Balaban J connectivity index is 2.09. The van der Waals surface area contributed by atoms with Crippen LogP contribution in [0.1, 0.15) is 20.7 Å². The lowest BCUT2D eigenvalue weighted by atomic mass is 9.94. The fourth-order valence-corrected chi connectivity index (χ4v) is 3.45. The summed E-state index contributed by atoms with van der Waals surface area (Å²) in [6.07, 6.45) is 0. The van der Waals surface area contributed by atoms with Crippen molar-refractivity contribution < 1.29 is 14.3 Å². The van der Waals surface area contributed by atoms with Crippen LogP contribution in [-0.4, -0.2) is 11.9 Å². The molecule has 21 heavy (non-hydrogen) atoms. The lowest BCUT2D eigenvalue weighted by molar-refractivity contribution is 0.0444. The van der Waals surface area contributed by atoms with Gasteiger partial charge in [0, 0.05) is 5.56 Å². The van der Waals surface area contributed by atoms with Crippen LogP contribution in [0.4, 0.5) is 0 Å². The van der Waals surface area contributed by atoms with Gasteiger partial charge >= 0.3 is 11.9 Å². The number of fused-ring (bicyclic) bond motifs is 5. The van der Waals surface area contributed by atoms with Crippen molar-refractivity contribution in [3.8, 4) is 22.3 Å². The molecule has 3 heteroatoms. The molecule has 1 aliphatic carbocycles. The summed E-state index contributed by atoms with van der Waals surface area (Å²) in [5.74, 6) is -1.10. The van der Waals surface area contributed by atoms with Crippen molar-refractivity contribution >= 4 is 22.7 Å². The van der Waals surface area contributed by atoms with Gasteiger partial charge in [0.1, 0.15) is 0 Å². The normalized spacial score (nSPS) is 14.3. The fourth-order valence-electron chi connectivity index (χ4n) is 3.45. The minimum absolute atomic E-state index is 0.372. The average molecular weight is 272 g/mol. The maximum atomic E-state index is 12.1. The number of rotatable bonds is 0. The molecule has 3 aromatic rings. The second-order valence-corrected chi connectivity index (χ2v) is 5.30. The van der Waals surface area contributed by atoms with Gasteiger partial charge in [0.25, 0.3) is 0 Å². The third kappa shape index (κ3) is 1.15. The van der Waals surface area contributed by atoms with E-state index in [9.17, 15) is 9.59 Å². The van der Waals surface area contributed by atoms with Gasteiger partial charge in [0.2, 0.25) is 0 Å². The number of carbonyl (C=O) groups is 2. The molecule has 0 unspecified atom stereocenters. The second-order valence-electron chi connectivity index (χ2n) is 5.30. The average Bonchev–Trinajstić information content (AvgIpc) is 2.98. The number of benzene rings is 3. The number of hydrogen-bond acceptors (Lipinski definition) is 3. The molecule has 0 saturated heterocycles. The Bertz CT molecular complexity index is 999. The predicted molar refractivity (Wildman–Crippen MR) is 78.1 cm³/mol. The van der Waals surface area contributed by atoms with Crippen LogP contribution in [0.25, 0.3) is 33.0 Å². The minimum atomic E-state index is -0.553. The van der Waals surface area contributed by atoms with Crippen LogP contribution in [-0.2, 0) is 4.74 Å². The standard InChI is InChI=1S/C18H8O3/c19-17-13-8-9-4-3-7-11-10-5-1-2-6-12(10)15(14(9)11)16(13)18(20)21-17/h1-8H. The molecular weight excluding hydrogens is 264 g/mol. The number of ether oxygens (including phenoxy) is 1. The molecule has 0 amide bonds. The highest BCUT2D eigenvalue weighted by atomic mass is 16.6. The molecule has 0 aromatic heterocycles. The summed E-state index contributed by atoms with van der Waals surface area (Å²) < 4.78 is 4.81. The topological polar surface area (TPSA) is 43.4 Å². The summed E-state index contributed by atoms with van der Waals surface area (Å²) in [7, 11) is 0. The molecule has 5 rings (SSSR count). The van der Waals surface area contributed by atoms with E-state index in [1.807, 2.05) is 42.5 Å². The van der Waals surface area contributed by atoms with Gasteiger partial charge in [0.05, 0.1) is 11.1 Å². The van der Waals surface area contributed by atoms with E-state index in [1.165, 1.54) is 0 Å². The van der Waals surface area contributed by atoms with Crippen molar-refractivity contribution in [3.05, 3.63) is 59.7 Å². The Morgan fingerprint density at radius 3 is 2.29 bits per heavy atom. The van der Waals surface area contributed by atoms with E-state index >= 15 is 0 Å². The monoisotopic (exact) mass is 272 g/mol. The van der Waals surface area contributed by atoms with E-state index in [2.05, 4.69) is 0 Å². The molecule has 0 saturated carbocycles. The molecule has 1 aliphatic heterocycles. The highest BCUT2D eigenvalue weighted by molar-refractivity contribution is 6.27. The molecule has 0 N–H and O–H groups in total. The minimum Gasteiger partial charge on any atom is -0.386 e. The lowest BCUT2D eigenvalue weighted by Gasteiger charge is -2.05. The quantitative estimate of drug-likeness (QED) is 0.361. The molecule has 3 nitrogen and oxygen atoms in total. The van der Waals surface area contributed by atoms with Gasteiger partial charge in [-0.15, -0.1) is 0 Å². The van der Waals surface area contributed by atoms with Crippen LogP contribution in [0.15, 0.2) is 48.5 Å². The van der Waals surface area contributed by atoms with Crippen molar-refractivity contribution in [3.63, 3.8) is 0 Å². The molecular formula is C18H8O3. The Morgan fingerprint density at radius 1 is 0.667 bits per heavy atom. The lowest BCUT2D eigenvalue weighted by Crippen LogP contribution is -1.98. The summed E-state index contributed by atoms with van der Waals surface area (Å²) >= 11 is 0. The van der Waals surface area contributed by atoms with Gasteiger partial charge in [0.15, 0.2) is 0 Å². The second kappa shape index (κ2) is 3.38. The van der Waals surface area contributed by atoms with Gasteiger partial charge in [-0.05, 0) is 33.5 Å². The SMILES string of the molecule is O=C1OC(=O)c2c1cc1cccc3c1c2-c1ccccc1-3. The highest BCUT2D eigenvalue weighted by Crippen LogP contribution is 2.50. The van der Waals surface area contributed by atoms with Crippen molar-refractivity contribution in [1.29, 1.82) is 0 Å². The maximum Gasteiger partial charge on any atom is 0.347 e. The summed E-state index contributed by atoms with van der Waals surface area (Å²) in [6, 6.07) is 15.7. The van der Waals surface area contributed by atoms with Crippen LogP contribution in [0.3, 0.4) is 0 Å². The summed E-state index contributed by atoms with van der Waals surface area (Å²) in [5.41, 5.74) is 4.81. The van der Waals surface area contributed by atoms with Crippen LogP contribution < -0.4 is 0 Å². The molecule has 3 aromatic carbocycles. The van der Waals surface area contributed by atoms with E-state index in [1.54, 1.807) is 6.07 Å². The maximum absolute atomic E-state index is 12.1. The van der Waals surface area contributed by atoms with Crippen LogP contribution >= 0.6 is 0 Å². The van der Waals surface area contributed by atoms with E-state index in [0.717, 1.165) is 33.0 Å². The first kappa shape index (κ1) is 10.8. The third-order valence-electron chi connectivity index (χ3n) is 4.26. The Kier molecular flexibility index (Phi) is 1.74. The molecule has 0 atom stereocenters. The van der Waals surface area contributed by atoms with Crippen LogP contribution in [0.2, 0.25) is 0 Å². The molecule has 0 fully saturated rings. The van der Waals surface area contributed by atoms with E-state index in [0.29, 0.717) is 11.1 Å². The van der Waals surface area contributed by atoms with Gasteiger partial charge in [-0.25, -0.2) is 9.59 Å². The predicted octanol–water partition coefficient (Wildman–Crippen LogP) is 3.80. The first-order valence-corrected chi connectivity index (χ1v) is 6.72. The molecule has 0 radical (unpaired) electrons. The molecule has 98 valence electrons. The molecule has 1 heterocycles. The molecule has 0 bridgehead atoms. The highest BCUT2D eigenvalue weighted by Gasteiger charge is 2.37. The van der Waals surface area contributed by atoms with Gasteiger partial charge in [-0.3, -0.25) is 0 Å². The van der Waals surface area contributed by atoms with Crippen molar-refractivity contribution in [1.82, 2.24) is 0 Å². The largest absolute Gasteiger partial charge is 0.386 e. The van der Waals surface area contributed by atoms with E-state index in [4.69, 9.17) is 4.74 Å². The van der Waals surface area contributed by atoms with Crippen molar-refractivity contribution in [2.75, 3.05) is 0 Å². The molecule has 2 aliphatic rings. The van der Waals surface area contributed by atoms with E-state index < -0.39 is 11.9 Å². The van der Waals surface area contributed by atoms with Crippen molar-refractivity contribution in [2.45, 2.75) is 0 Å². The number of cyclic esters (lactones) is 2. The van der Waals surface area contributed by atoms with Crippen molar-refractivity contribution in [2.24, 2.45) is 0 Å². The van der Waals surface area contributed by atoms with Gasteiger partial charge < -0.3 is 4.74 Å². The Hall–Kier alpha value is -2.94. The smallest absolute Gasteiger partial charge is 0.347 e. The third-order valence-corrected chi connectivity index (χ3v) is 4.26. The van der Waals surface area contributed by atoms with E-state index in [-0.39, 0.29) is 0 Å². The van der Waals surface area contributed by atoms with Crippen LogP contribution in [0.5, 0.6) is 0 Å². The number of esters is 2. The Morgan fingerprint density at radius 2 is 1.43 bits per heavy atom.